The highest BCUT2D eigenvalue weighted by Crippen LogP contribution is 2.48. The van der Waals surface area contributed by atoms with Crippen LogP contribution in [0.25, 0.3) is 11.1 Å². The van der Waals surface area contributed by atoms with Gasteiger partial charge in [0.15, 0.2) is 0 Å². The molecule has 2 aromatic rings. The molecular formula is C13H7F2Si. The van der Waals surface area contributed by atoms with Gasteiger partial charge in [-0.25, -0.2) is 8.78 Å². The Kier molecular flexibility index (Phi) is 1.83. The second-order valence-electron chi connectivity index (χ2n) is 3.87. The van der Waals surface area contributed by atoms with Crippen LogP contribution in [0.15, 0.2) is 42.5 Å². The Bertz CT molecular complexity index is 576. The normalized spacial score (nSPS) is 21.7. The van der Waals surface area contributed by atoms with Crippen molar-refractivity contribution >= 4 is 10.2 Å². The van der Waals surface area contributed by atoms with Crippen LogP contribution in [-0.2, 0) is 5.29 Å². The summed E-state index contributed by atoms with van der Waals surface area (Å²) in [6.45, 7) is 0. The Morgan fingerprint density at radius 2 is 1.62 bits per heavy atom. The average molecular weight is 229 g/mol. The maximum absolute atomic E-state index is 14.5. The first kappa shape index (κ1) is 9.72. The fourth-order valence-electron chi connectivity index (χ4n) is 2.25. The first-order valence-corrected chi connectivity index (χ1v) is 5.45. The van der Waals surface area contributed by atoms with Crippen molar-refractivity contribution in [2.24, 2.45) is 0 Å². The van der Waals surface area contributed by atoms with E-state index in [1.54, 1.807) is 30.3 Å². The van der Waals surface area contributed by atoms with Crippen LogP contribution < -0.4 is 0 Å². The summed E-state index contributed by atoms with van der Waals surface area (Å²) in [4.78, 5) is 0. The maximum atomic E-state index is 14.5. The van der Waals surface area contributed by atoms with E-state index in [1.165, 1.54) is 6.07 Å². The van der Waals surface area contributed by atoms with Crippen LogP contribution in [-0.4, -0.2) is 10.2 Å². The number of halogens is 2. The van der Waals surface area contributed by atoms with Gasteiger partial charge in [0.2, 0.25) is 0 Å². The standard InChI is InChI=1S/C13H7F2Si/c14-11-7-3-5-9-8-4-1-2-6-10(8)13(15,16)12(9)11/h1-7H. The largest absolute Gasteiger partial charge is 0.239 e. The Hall–Kier alpha value is -1.48. The van der Waals surface area contributed by atoms with E-state index in [-0.39, 0.29) is 5.56 Å². The third-order valence-corrected chi connectivity index (χ3v) is 3.47. The van der Waals surface area contributed by atoms with E-state index in [1.807, 2.05) is 6.07 Å². The smallest absolute Gasteiger partial charge is 0.144 e. The molecule has 1 unspecified atom stereocenters. The summed E-state index contributed by atoms with van der Waals surface area (Å²) in [6, 6.07) is 11.6. The molecule has 0 N–H and O–H groups in total. The van der Waals surface area contributed by atoms with Crippen LogP contribution in [0.2, 0.25) is 0 Å². The van der Waals surface area contributed by atoms with E-state index < -0.39 is 11.1 Å². The molecule has 0 saturated carbocycles. The maximum Gasteiger partial charge on any atom is 0.144 e. The molecule has 0 amide bonds. The van der Waals surface area contributed by atoms with Gasteiger partial charge in [0.1, 0.15) is 11.1 Å². The molecule has 0 bridgehead atoms. The van der Waals surface area contributed by atoms with Crippen molar-refractivity contribution in [3.8, 4) is 11.1 Å². The van der Waals surface area contributed by atoms with Gasteiger partial charge in [-0.1, -0.05) is 36.4 Å². The second-order valence-corrected chi connectivity index (χ2v) is 4.56. The molecule has 3 heteroatoms. The van der Waals surface area contributed by atoms with Crippen molar-refractivity contribution in [3.63, 3.8) is 0 Å². The fourth-order valence-corrected chi connectivity index (χ4v) is 2.72. The summed E-state index contributed by atoms with van der Waals surface area (Å²) >= 11 is 0. The lowest BCUT2D eigenvalue weighted by atomic mass is 10.1. The molecule has 0 aliphatic heterocycles. The van der Waals surface area contributed by atoms with Crippen molar-refractivity contribution in [2.45, 2.75) is 5.29 Å². The van der Waals surface area contributed by atoms with Crippen LogP contribution in [0.3, 0.4) is 0 Å². The molecule has 0 saturated heterocycles. The highest BCUT2D eigenvalue weighted by Gasteiger charge is 2.41. The van der Waals surface area contributed by atoms with Crippen LogP contribution in [0.4, 0.5) is 8.78 Å². The van der Waals surface area contributed by atoms with E-state index in [0.29, 0.717) is 11.1 Å². The van der Waals surface area contributed by atoms with Crippen molar-refractivity contribution in [1.29, 1.82) is 0 Å². The van der Waals surface area contributed by atoms with Crippen molar-refractivity contribution in [2.75, 3.05) is 0 Å². The summed E-state index contributed by atoms with van der Waals surface area (Å²) in [5.74, 6) is -0.522. The average Bonchev–Trinajstić information content (AvgIpc) is 2.50. The lowest BCUT2D eigenvalue weighted by molar-refractivity contribution is 0.339. The Morgan fingerprint density at radius 3 is 2.44 bits per heavy atom. The molecule has 3 radical (unpaired) electrons. The van der Waals surface area contributed by atoms with Crippen LogP contribution >= 0.6 is 0 Å². The Labute approximate surface area is 95.3 Å². The zero-order valence-electron chi connectivity index (χ0n) is 8.30. The van der Waals surface area contributed by atoms with Gasteiger partial charge in [-0.05, 0) is 22.8 Å². The number of alkyl halides is 1. The molecule has 77 valence electrons. The number of rotatable bonds is 0. The zero-order chi connectivity index (χ0) is 11.3. The summed E-state index contributed by atoms with van der Waals surface area (Å²) in [5.41, 5.74) is 1.90. The van der Waals surface area contributed by atoms with Gasteiger partial charge in [-0.3, -0.25) is 0 Å². The molecule has 16 heavy (non-hydrogen) atoms. The minimum absolute atomic E-state index is 0.0767. The highest BCUT2D eigenvalue weighted by atomic mass is 28.1. The third-order valence-electron chi connectivity index (χ3n) is 2.95. The first-order valence-electron chi connectivity index (χ1n) is 4.95. The van der Waals surface area contributed by atoms with Gasteiger partial charge in [0.05, 0.1) is 10.2 Å². The van der Waals surface area contributed by atoms with Gasteiger partial charge in [0.25, 0.3) is 0 Å². The number of benzene rings is 2. The third kappa shape index (κ3) is 1.06. The van der Waals surface area contributed by atoms with E-state index in [9.17, 15) is 8.78 Å². The molecule has 0 spiro atoms. The summed E-state index contributed by atoms with van der Waals surface area (Å²) < 4.78 is 28.2. The SMILES string of the molecule is Fc1cccc2c1C(F)([Si])c1ccccc1-2. The first-order chi connectivity index (χ1) is 7.62. The van der Waals surface area contributed by atoms with E-state index in [0.717, 1.165) is 5.56 Å². The molecule has 3 rings (SSSR count). The molecule has 1 aliphatic carbocycles. The Balaban J connectivity index is 2.44. The van der Waals surface area contributed by atoms with E-state index >= 15 is 0 Å². The van der Waals surface area contributed by atoms with Gasteiger partial charge < -0.3 is 0 Å². The molecule has 0 heterocycles. The van der Waals surface area contributed by atoms with Gasteiger partial charge in [-0.2, -0.15) is 0 Å². The Morgan fingerprint density at radius 1 is 0.938 bits per heavy atom. The molecule has 0 aromatic heterocycles. The van der Waals surface area contributed by atoms with Crippen LogP contribution in [0.1, 0.15) is 11.1 Å². The summed E-state index contributed by atoms with van der Waals surface area (Å²) in [6.07, 6.45) is 0. The second kappa shape index (κ2) is 3.01. The van der Waals surface area contributed by atoms with E-state index in [4.69, 9.17) is 0 Å². The zero-order valence-corrected chi connectivity index (χ0v) is 9.30. The predicted molar refractivity (Wildman–Crippen MR) is 59.5 cm³/mol. The van der Waals surface area contributed by atoms with E-state index in [2.05, 4.69) is 10.2 Å². The molecule has 0 fully saturated rings. The molecule has 2 aromatic carbocycles. The fraction of sp³-hybridized carbons (Fsp3) is 0.0769. The van der Waals surface area contributed by atoms with Gasteiger partial charge >= 0.3 is 0 Å². The van der Waals surface area contributed by atoms with Crippen molar-refractivity contribution < 1.29 is 8.78 Å². The summed E-state index contributed by atoms with van der Waals surface area (Å²) in [7, 11) is 3.04. The van der Waals surface area contributed by atoms with Crippen molar-refractivity contribution in [1.82, 2.24) is 0 Å². The molecule has 1 atom stereocenters. The molecule has 1 aliphatic rings. The lowest BCUT2D eigenvalue weighted by Crippen LogP contribution is -2.19. The van der Waals surface area contributed by atoms with Crippen molar-refractivity contribution in [3.05, 3.63) is 59.4 Å². The topological polar surface area (TPSA) is 0 Å². The quantitative estimate of drug-likeness (QED) is 0.609. The van der Waals surface area contributed by atoms with Gasteiger partial charge in [-0.15, -0.1) is 0 Å². The number of hydrogen-bond donors (Lipinski definition) is 0. The van der Waals surface area contributed by atoms with Crippen LogP contribution in [0.5, 0.6) is 0 Å². The minimum atomic E-state index is -1.92. The van der Waals surface area contributed by atoms with Gasteiger partial charge in [0, 0.05) is 5.56 Å². The monoisotopic (exact) mass is 229 g/mol. The lowest BCUT2D eigenvalue weighted by Gasteiger charge is -2.16. The highest BCUT2D eigenvalue weighted by molar-refractivity contribution is 6.20. The molecular weight excluding hydrogens is 222 g/mol. The molecule has 0 nitrogen and oxygen atoms in total. The number of hydrogen-bond acceptors (Lipinski definition) is 0. The van der Waals surface area contributed by atoms with Crippen LogP contribution in [0, 0.1) is 5.82 Å². The minimum Gasteiger partial charge on any atom is -0.239 e. The summed E-state index contributed by atoms with van der Waals surface area (Å²) in [5, 5.41) is -1.92. The predicted octanol–water partition coefficient (Wildman–Crippen LogP) is 3.15. The number of fused-ring (bicyclic) bond motifs is 3.